The van der Waals surface area contributed by atoms with Gasteiger partial charge in [0.1, 0.15) is 0 Å². The van der Waals surface area contributed by atoms with Gasteiger partial charge in [-0.3, -0.25) is 4.79 Å². The lowest BCUT2D eigenvalue weighted by molar-refractivity contribution is -0.131. The van der Waals surface area contributed by atoms with Crippen molar-refractivity contribution in [2.45, 2.75) is 26.2 Å². The number of aliphatic hydroxyl groups excluding tert-OH is 1. The second kappa shape index (κ2) is 8.97. The Labute approximate surface area is 86.3 Å². The van der Waals surface area contributed by atoms with Gasteiger partial charge in [0, 0.05) is 26.1 Å². The molecule has 84 valence electrons. The number of rotatable bonds is 8. The summed E-state index contributed by atoms with van der Waals surface area (Å²) in [5, 5.41) is 11.7. The van der Waals surface area contributed by atoms with Gasteiger partial charge in [0.05, 0.1) is 0 Å². The Morgan fingerprint density at radius 2 is 2.14 bits per heavy atom. The van der Waals surface area contributed by atoms with E-state index in [1.165, 1.54) is 0 Å². The van der Waals surface area contributed by atoms with Crippen molar-refractivity contribution in [1.82, 2.24) is 10.2 Å². The van der Waals surface area contributed by atoms with E-state index in [4.69, 9.17) is 5.11 Å². The number of nitrogens with zero attached hydrogens (tertiary/aromatic N) is 1. The van der Waals surface area contributed by atoms with Crippen LogP contribution in [-0.4, -0.2) is 49.2 Å². The van der Waals surface area contributed by atoms with E-state index in [-0.39, 0.29) is 12.5 Å². The van der Waals surface area contributed by atoms with Crippen molar-refractivity contribution in [1.29, 1.82) is 0 Å². The zero-order valence-electron chi connectivity index (χ0n) is 9.25. The molecule has 0 saturated heterocycles. The van der Waals surface area contributed by atoms with Gasteiger partial charge in [0.25, 0.3) is 0 Å². The summed E-state index contributed by atoms with van der Waals surface area (Å²) in [5.74, 6) is 0.191. The van der Waals surface area contributed by atoms with Crippen LogP contribution in [0.3, 0.4) is 0 Å². The lowest BCUT2D eigenvalue weighted by Crippen LogP contribution is -2.32. The van der Waals surface area contributed by atoms with E-state index >= 15 is 0 Å². The topological polar surface area (TPSA) is 52.6 Å². The van der Waals surface area contributed by atoms with Crippen LogP contribution >= 0.6 is 0 Å². The van der Waals surface area contributed by atoms with Crippen LogP contribution in [0.15, 0.2) is 0 Å². The van der Waals surface area contributed by atoms with Crippen molar-refractivity contribution in [2.75, 3.05) is 33.3 Å². The molecular formula is C10H22N2O2. The van der Waals surface area contributed by atoms with Crippen LogP contribution in [0, 0.1) is 0 Å². The maximum atomic E-state index is 11.6. The highest BCUT2D eigenvalue weighted by molar-refractivity contribution is 5.76. The Morgan fingerprint density at radius 3 is 2.64 bits per heavy atom. The first-order valence-corrected chi connectivity index (χ1v) is 5.29. The fraction of sp³-hybridized carbons (Fsp3) is 0.900. The summed E-state index contributed by atoms with van der Waals surface area (Å²) in [7, 11) is 1.88. The second-order valence-corrected chi connectivity index (χ2v) is 3.26. The number of aliphatic hydroxyl groups is 1. The minimum absolute atomic E-state index is 0.153. The van der Waals surface area contributed by atoms with E-state index in [1.807, 2.05) is 14.0 Å². The third-order valence-corrected chi connectivity index (χ3v) is 2.14. The van der Waals surface area contributed by atoms with Crippen LogP contribution < -0.4 is 5.32 Å². The van der Waals surface area contributed by atoms with Crippen molar-refractivity contribution >= 4 is 5.91 Å². The Bertz CT molecular complexity index is 151. The third kappa shape index (κ3) is 5.94. The third-order valence-electron chi connectivity index (χ3n) is 2.14. The zero-order valence-corrected chi connectivity index (χ0v) is 9.25. The molecule has 0 aliphatic heterocycles. The quantitative estimate of drug-likeness (QED) is 0.553. The Hall–Kier alpha value is -0.610. The molecule has 0 aromatic carbocycles. The normalized spacial score (nSPS) is 10.2. The van der Waals surface area contributed by atoms with Gasteiger partial charge in [-0.15, -0.1) is 0 Å². The predicted molar refractivity (Wildman–Crippen MR) is 57.1 cm³/mol. The SMILES string of the molecule is CCN(CCCO)C(=O)CCCNC. The molecule has 0 aliphatic carbocycles. The molecule has 0 aliphatic rings. The summed E-state index contributed by atoms with van der Waals surface area (Å²) < 4.78 is 0. The molecule has 0 aromatic rings. The Morgan fingerprint density at radius 1 is 1.43 bits per heavy atom. The molecule has 14 heavy (non-hydrogen) atoms. The largest absolute Gasteiger partial charge is 0.396 e. The molecule has 0 saturated carbocycles. The summed E-state index contributed by atoms with van der Waals surface area (Å²) in [6.45, 7) is 4.40. The minimum Gasteiger partial charge on any atom is -0.396 e. The molecule has 0 radical (unpaired) electrons. The highest BCUT2D eigenvalue weighted by atomic mass is 16.3. The Kier molecular flexibility index (Phi) is 8.57. The number of amides is 1. The fourth-order valence-electron chi connectivity index (χ4n) is 1.30. The first-order chi connectivity index (χ1) is 6.76. The summed E-state index contributed by atoms with van der Waals surface area (Å²) >= 11 is 0. The first kappa shape index (κ1) is 13.4. The van der Waals surface area contributed by atoms with Gasteiger partial charge in [-0.2, -0.15) is 0 Å². The molecule has 1 amide bonds. The van der Waals surface area contributed by atoms with Gasteiger partial charge in [0.2, 0.25) is 5.91 Å². The highest BCUT2D eigenvalue weighted by Crippen LogP contribution is 1.98. The smallest absolute Gasteiger partial charge is 0.222 e. The number of nitrogens with one attached hydrogen (secondary N) is 1. The van der Waals surface area contributed by atoms with Crippen molar-refractivity contribution in [3.05, 3.63) is 0 Å². The molecule has 0 fully saturated rings. The first-order valence-electron chi connectivity index (χ1n) is 5.29. The van der Waals surface area contributed by atoms with Gasteiger partial charge in [-0.05, 0) is 33.4 Å². The second-order valence-electron chi connectivity index (χ2n) is 3.26. The molecule has 0 aromatic heterocycles. The van der Waals surface area contributed by atoms with Gasteiger partial charge in [0.15, 0.2) is 0 Å². The number of carbonyl (C=O) groups is 1. The zero-order chi connectivity index (χ0) is 10.8. The van der Waals surface area contributed by atoms with Crippen molar-refractivity contribution < 1.29 is 9.90 Å². The predicted octanol–water partition coefficient (Wildman–Crippen LogP) is 0.217. The molecular weight excluding hydrogens is 180 g/mol. The van der Waals surface area contributed by atoms with E-state index < -0.39 is 0 Å². The highest BCUT2D eigenvalue weighted by Gasteiger charge is 2.09. The summed E-state index contributed by atoms with van der Waals surface area (Å²) in [6.07, 6.45) is 2.15. The molecule has 2 N–H and O–H groups in total. The van der Waals surface area contributed by atoms with E-state index in [1.54, 1.807) is 4.90 Å². The molecule has 0 rings (SSSR count). The molecule has 0 unspecified atom stereocenters. The van der Waals surface area contributed by atoms with Crippen LogP contribution in [0.5, 0.6) is 0 Å². The van der Waals surface area contributed by atoms with Crippen molar-refractivity contribution in [3.8, 4) is 0 Å². The number of hydrogen-bond donors (Lipinski definition) is 2. The fourth-order valence-corrected chi connectivity index (χ4v) is 1.30. The lowest BCUT2D eigenvalue weighted by Gasteiger charge is -2.20. The molecule has 0 heterocycles. The average Bonchev–Trinajstić information content (AvgIpc) is 2.19. The van der Waals surface area contributed by atoms with Crippen molar-refractivity contribution in [3.63, 3.8) is 0 Å². The lowest BCUT2D eigenvalue weighted by atomic mass is 10.2. The van der Waals surface area contributed by atoms with Gasteiger partial charge in [-0.1, -0.05) is 0 Å². The van der Waals surface area contributed by atoms with Gasteiger partial charge in [-0.25, -0.2) is 0 Å². The Balaban J connectivity index is 3.67. The maximum Gasteiger partial charge on any atom is 0.222 e. The summed E-state index contributed by atoms with van der Waals surface area (Å²) in [5.41, 5.74) is 0. The van der Waals surface area contributed by atoms with E-state index in [0.717, 1.165) is 19.5 Å². The monoisotopic (exact) mass is 202 g/mol. The maximum absolute atomic E-state index is 11.6. The van der Waals surface area contributed by atoms with Crippen LogP contribution in [0.4, 0.5) is 0 Å². The van der Waals surface area contributed by atoms with Gasteiger partial charge >= 0.3 is 0 Å². The number of carbonyl (C=O) groups excluding carboxylic acids is 1. The number of hydrogen-bond acceptors (Lipinski definition) is 3. The molecule has 0 atom stereocenters. The average molecular weight is 202 g/mol. The van der Waals surface area contributed by atoms with Crippen LogP contribution in [0.1, 0.15) is 26.2 Å². The van der Waals surface area contributed by atoms with Gasteiger partial charge < -0.3 is 15.3 Å². The molecule has 0 spiro atoms. The van der Waals surface area contributed by atoms with Crippen LogP contribution in [0.25, 0.3) is 0 Å². The van der Waals surface area contributed by atoms with E-state index in [2.05, 4.69) is 5.32 Å². The standard InChI is InChI=1S/C10H22N2O2/c1-3-12(8-5-9-13)10(14)6-4-7-11-2/h11,13H,3-9H2,1-2H3. The van der Waals surface area contributed by atoms with Crippen LogP contribution in [0.2, 0.25) is 0 Å². The van der Waals surface area contributed by atoms with E-state index in [0.29, 0.717) is 19.4 Å². The summed E-state index contributed by atoms with van der Waals surface area (Å²) in [4.78, 5) is 13.4. The van der Waals surface area contributed by atoms with E-state index in [9.17, 15) is 4.79 Å². The molecule has 4 nitrogen and oxygen atoms in total. The van der Waals surface area contributed by atoms with Crippen molar-refractivity contribution in [2.24, 2.45) is 0 Å². The molecule has 4 heteroatoms. The summed E-state index contributed by atoms with van der Waals surface area (Å²) in [6, 6.07) is 0. The van der Waals surface area contributed by atoms with Crippen LogP contribution in [-0.2, 0) is 4.79 Å². The molecule has 0 bridgehead atoms. The minimum atomic E-state index is 0.153.